The molecule has 31 heavy (non-hydrogen) atoms. The number of hydrogen-bond donors (Lipinski definition) is 0. The highest BCUT2D eigenvalue weighted by atomic mass is 32.1. The van der Waals surface area contributed by atoms with E-state index in [1.165, 1.54) is 0 Å². The molecule has 0 N–H and O–H groups in total. The number of likely N-dealkylation sites (tertiary alicyclic amines) is 1. The van der Waals surface area contributed by atoms with Crippen LogP contribution in [0, 0.1) is 12.8 Å². The lowest BCUT2D eigenvalue weighted by molar-refractivity contribution is -0.138. The largest absolute Gasteiger partial charge is 0.340 e. The van der Waals surface area contributed by atoms with Gasteiger partial charge in [0.05, 0.1) is 18.0 Å². The molecule has 0 saturated carbocycles. The third-order valence-corrected chi connectivity index (χ3v) is 7.34. The van der Waals surface area contributed by atoms with Crippen LogP contribution in [0.1, 0.15) is 41.8 Å². The molecule has 3 aromatic rings. The Kier molecular flexibility index (Phi) is 5.36. The summed E-state index contributed by atoms with van der Waals surface area (Å²) in [7, 11) is 0. The monoisotopic (exact) mass is 434 g/mol. The van der Waals surface area contributed by atoms with Crippen molar-refractivity contribution < 1.29 is 9.59 Å². The van der Waals surface area contributed by atoms with Gasteiger partial charge in [0.25, 0.3) is 0 Å². The van der Waals surface area contributed by atoms with Crippen molar-refractivity contribution in [1.29, 1.82) is 0 Å². The zero-order valence-corrected chi connectivity index (χ0v) is 18.4. The highest BCUT2D eigenvalue weighted by molar-refractivity contribution is 7.10. The summed E-state index contributed by atoms with van der Waals surface area (Å²) in [5, 5.41) is 6.39. The molecule has 7 heteroatoms. The van der Waals surface area contributed by atoms with Gasteiger partial charge in [0, 0.05) is 42.5 Å². The molecule has 5 rings (SSSR count). The lowest BCUT2D eigenvalue weighted by Crippen LogP contribution is -2.44. The van der Waals surface area contributed by atoms with Crippen LogP contribution in [0.3, 0.4) is 0 Å². The smallest absolute Gasteiger partial charge is 0.228 e. The summed E-state index contributed by atoms with van der Waals surface area (Å²) in [4.78, 5) is 31.7. The molecule has 0 aliphatic carbocycles. The summed E-state index contributed by atoms with van der Waals surface area (Å²) in [6.45, 7) is 3.42. The van der Waals surface area contributed by atoms with Crippen molar-refractivity contribution in [3.8, 4) is 0 Å². The van der Waals surface area contributed by atoms with Crippen molar-refractivity contribution in [3.05, 3.63) is 70.7 Å². The van der Waals surface area contributed by atoms with Gasteiger partial charge in [-0.05, 0) is 49.4 Å². The van der Waals surface area contributed by atoms with Gasteiger partial charge in [0.1, 0.15) is 0 Å². The molecule has 0 spiro atoms. The number of carbonyl (C=O) groups is 2. The maximum absolute atomic E-state index is 13.7. The molecule has 2 fully saturated rings. The molecule has 6 nitrogen and oxygen atoms in total. The van der Waals surface area contributed by atoms with Gasteiger partial charge < -0.3 is 9.80 Å². The fourth-order valence-corrected chi connectivity index (χ4v) is 5.73. The molecule has 2 amide bonds. The van der Waals surface area contributed by atoms with Crippen molar-refractivity contribution in [2.24, 2.45) is 5.92 Å². The summed E-state index contributed by atoms with van der Waals surface area (Å²) in [6, 6.07) is 13.9. The highest BCUT2D eigenvalue weighted by Gasteiger charge is 2.47. The Morgan fingerprint density at radius 2 is 2.00 bits per heavy atom. The van der Waals surface area contributed by atoms with Crippen LogP contribution in [0.2, 0.25) is 0 Å². The minimum absolute atomic E-state index is 0.0150. The number of hydrogen-bond acceptors (Lipinski definition) is 4. The number of carbonyl (C=O) groups excluding carboxylic acids is 2. The number of amides is 2. The average Bonchev–Trinajstić information content (AvgIpc) is 3.55. The van der Waals surface area contributed by atoms with E-state index in [-0.39, 0.29) is 36.2 Å². The zero-order chi connectivity index (χ0) is 21.4. The topological polar surface area (TPSA) is 58.4 Å². The molecule has 160 valence electrons. The Labute approximate surface area is 186 Å². The molecular weight excluding hydrogens is 408 g/mol. The third kappa shape index (κ3) is 3.78. The first-order valence-electron chi connectivity index (χ1n) is 10.8. The molecule has 2 aliphatic rings. The predicted molar refractivity (Wildman–Crippen MR) is 121 cm³/mol. The second kappa shape index (κ2) is 8.30. The maximum atomic E-state index is 13.7. The Balaban J connectivity index is 1.44. The standard InChI is InChI=1S/C24H26N4O2S/c1-17-7-9-18(10-8-17)28-22(29)15-20(23(28)21-6-3-14-31-21)24(30)26-12-2-5-19(16-26)27-13-4-11-25-27/h3-4,6-11,13-14,19-20,23H,2,5,12,15-16H2,1H3. The van der Waals surface area contributed by atoms with E-state index < -0.39 is 0 Å². The van der Waals surface area contributed by atoms with Gasteiger partial charge in [0.15, 0.2) is 0 Å². The molecule has 3 unspecified atom stereocenters. The number of aryl methyl sites for hydroxylation is 1. The number of rotatable bonds is 4. The molecule has 2 aromatic heterocycles. The normalized spacial score (nSPS) is 24.0. The Morgan fingerprint density at radius 3 is 2.71 bits per heavy atom. The van der Waals surface area contributed by atoms with E-state index in [2.05, 4.69) is 5.10 Å². The quantitative estimate of drug-likeness (QED) is 0.618. The van der Waals surface area contributed by atoms with Crippen LogP contribution in [0.5, 0.6) is 0 Å². The number of nitrogens with zero attached hydrogens (tertiary/aromatic N) is 4. The average molecular weight is 435 g/mol. The summed E-state index contributed by atoms with van der Waals surface area (Å²) in [5.41, 5.74) is 2.01. The van der Waals surface area contributed by atoms with Gasteiger partial charge in [0.2, 0.25) is 11.8 Å². The maximum Gasteiger partial charge on any atom is 0.228 e. The first kappa shape index (κ1) is 20.0. The van der Waals surface area contributed by atoms with E-state index in [9.17, 15) is 9.59 Å². The number of aromatic nitrogens is 2. The van der Waals surface area contributed by atoms with E-state index in [4.69, 9.17) is 0 Å². The Morgan fingerprint density at radius 1 is 1.16 bits per heavy atom. The van der Waals surface area contributed by atoms with Crippen LogP contribution >= 0.6 is 11.3 Å². The second-order valence-electron chi connectivity index (χ2n) is 8.44. The zero-order valence-electron chi connectivity index (χ0n) is 17.6. The van der Waals surface area contributed by atoms with Crippen molar-refractivity contribution >= 4 is 28.8 Å². The van der Waals surface area contributed by atoms with E-state index in [0.29, 0.717) is 6.54 Å². The molecule has 2 saturated heterocycles. The lowest BCUT2D eigenvalue weighted by atomic mass is 9.95. The van der Waals surface area contributed by atoms with Crippen LogP contribution in [0.4, 0.5) is 5.69 Å². The van der Waals surface area contributed by atoms with Crippen molar-refractivity contribution in [3.63, 3.8) is 0 Å². The van der Waals surface area contributed by atoms with Gasteiger partial charge in [-0.1, -0.05) is 23.8 Å². The van der Waals surface area contributed by atoms with Crippen molar-refractivity contribution in [2.75, 3.05) is 18.0 Å². The van der Waals surface area contributed by atoms with E-state index in [1.807, 2.05) is 75.4 Å². The first-order chi connectivity index (χ1) is 15.1. The van der Waals surface area contributed by atoms with Crippen LogP contribution in [0.25, 0.3) is 0 Å². The van der Waals surface area contributed by atoms with Gasteiger partial charge >= 0.3 is 0 Å². The van der Waals surface area contributed by atoms with Crippen LogP contribution in [-0.4, -0.2) is 39.6 Å². The van der Waals surface area contributed by atoms with Crippen molar-refractivity contribution in [1.82, 2.24) is 14.7 Å². The molecule has 4 heterocycles. The molecule has 0 bridgehead atoms. The van der Waals surface area contributed by atoms with Gasteiger partial charge in [-0.15, -0.1) is 11.3 Å². The fourth-order valence-electron chi connectivity index (χ4n) is 4.85. The first-order valence-corrected chi connectivity index (χ1v) is 11.7. The summed E-state index contributed by atoms with van der Waals surface area (Å²) < 4.78 is 1.95. The summed E-state index contributed by atoms with van der Waals surface area (Å²) in [5.74, 6) is -0.275. The van der Waals surface area contributed by atoms with Gasteiger partial charge in [-0.25, -0.2) is 0 Å². The third-order valence-electron chi connectivity index (χ3n) is 6.39. The van der Waals surface area contributed by atoms with Crippen LogP contribution in [0.15, 0.2) is 60.2 Å². The number of piperidine rings is 1. The van der Waals surface area contributed by atoms with E-state index in [0.717, 1.165) is 35.5 Å². The Bertz CT molecular complexity index is 1050. The van der Waals surface area contributed by atoms with E-state index in [1.54, 1.807) is 17.5 Å². The molecule has 2 aliphatic heterocycles. The highest BCUT2D eigenvalue weighted by Crippen LogP contribution is 2.44. The van der Waals surface area contributed by atoms with Gasteiger partial charge in [-0.3, -0.25) is 14.3 Å². The number of anilines is 1. The number of thiophene rings is 1. The van der Waals surface area contributed by atoms with Crippen LogP contribution in [-0.2, 0) is 9.59 Å². The lowest BCUT2D eigenvalue weighted by Gasteiger charge is -2.36. The minimum Gasteiger partial charge on any atom is -0.340 e. The SMILES string of the molecule is Cc1ccc(N2C(=O)CC(C(=O)N3CCCC(n4cccn4)C3)C2c2cccs2)cc1. The molecule has 3 atom stereocenters. The molecule has 1 aromatic carbocycles. The molecule has 0 radical (unpaired) electrons. The summed E-state index contributed by atoms with van der Waals surface area (Å²) in [6.07, 6.45) is 5.95. The Hall–Kier alpha value is -2.93. The summed E-state index contributed by atoms with van der Waals surface area (Å²) >= 11 is 1.61. The van der Waals surface area contributed by atoms with Crippen molar-refractivity contribution in [2.45, 2.75) is 38.3 Å². The minimum atomic E-state index is -0.371. The second-order valence-corrected chi connectivity index (χ2v) is 9.42. The number of benzene rings is 1. The molecular formula is C24H26N4O2S. The van der Waals surface area contributed by atoms with E-state index >= 15 is 0 Å². The predicted octanol–water partition coefficient (Wildman–Crippen LogP) is 4.21. The van der Waals surface area contributed by atoms with Crippen LogP contribution < -0.4 is 4.90 Å². The van der Waals surface area contributed by atoms with Gasteiger partial charge in [-0.2, -0.15) is 5.10 Å². The fraction of sp³-hybridized carbons (Fsp3) is 0.375.